The maximum atomic E-state index is 11.6. The van der Waals surface area contributed by atoms with Gasteiger partial charge in [-0.1, -0.05) is 0 Å². The number of carbonyl (C=O) groups excluding carboxylic acids is 3. The molecule has 0 aromatic heterocycles. The molecule has 1 fully saturated rings. The second-order valence-electron chi connectivity index (χ2n) is 3.37. The summed E-state index contributed by atoms with van der Waals surface area (Å²) in [5.74, 6) is -0.338. The standard InChI is InChI=1S/C9H14N2O3/c1-4-10-8(13)7(3)11(9(10)14)5-6(2)12/h7H,4-5H2,1-3H3. The Labute approximate surface area is 82.7 Å². The smallest absolute Gasteiger partial charge is 0.305 e. The van der Waals surface area contributed by atoms with Gasteiger partial charge in [0.25, 0.3) is 5.91 Å². The third-order valence-electron chi connectivity index (χ3n) is 2.28. The summed E-state index contributed by atoms with van der Waals surface area (Å²) in [5.41, 5.74) is 0. The predicted octanol–water partition coefficient (Wildman–Crippen LogP) is 0.248. The van der Waals surface area contributed by atoms with E-state index in [0.29, 0.717) is 6.54 Å². The van der Waals surface area contributed by atoms with Crippen molar-refractivity contribution >= 4 is 17.7 Å². The average molecular weight is 198 g/mol. The lowest BCUT2D eigenvalue weighted by atomic mass is 10.3. The van der Waals surface area contributed by atoms with E-state index in [1.807, 2.05) is 0 Å². The van der Waals surface area contributed by atoms with E-state index in [4.69, 9.17) is 0 Å². The number of imide groups is 1. The number of amides is 3. The highest BCUT2D eigenvalue weighted by molar-refractivity contribution is 6.05. The first kappa shape index (κ1) is 10.7. The van der Waals surface area contributed by atoms with Gasteiger partial charge in [-0.2, -0.15) is 0 Å². The maximum absolute atomic E-state index is 11.6. The van der Waals surface area contributed by atoms with E-state index in [2.05, 4.69) is 0 Å². The van der Waals surface area contributed by atoms with Gasteiger partial charge in [0.2, 0.25) is 0 Å². The minimum absolute atomic E-state index is 0.0161. The van der Waals surface area contributed by atoms with Crippen LogP contribution in [0.15, 0.2) is 0 Å². The van der Waals surface area contributed by atoms with Gasteiger partial charge in [0.05, 0.1) is 6.54 Å². The van der Waals surface area contributed by atoms with Crippen molar-refractivity contribution in [2.75, 3.05) is 13.1 Å². The number of carbonyl (C=O) groups is 3. The van der Waals surface area contributed by atoms with Crippen LogP contribution in [-0.2, 0) is 9.59 Å². The van der Waals surface area contributed by atoms with Crippen molar-refractivity contribution in [1.29, 1.82) is 0 Å². The highest BCUT2D eigenvalue weighted by Gasteiger charge is 2.41. The molecule has 0 radical (unpaired) electrons. The number of Topliss-reactive ketones (excluding diaryl/α,β-unsaturated/α-hetero) is 1. The molecule has 1 saturated heterocycles. The third kappa shape index (κ3) is 1.62. The Morgan fingerprint density at radius 2 is 2.00 bits per heavy atom. The van der Waals surface area contributed by atoms with Crippen molar-refractivity contribution in [3.05, 3.63) is 0 Å². The Morgan fingerprint density at radius 1 is 1.43 bits per heavy atom. The predicted molar refractivity (Wildman–Crippen MR) is 49.6 cm³/mol. The van der Waals surface area contributed by atoms with E-state index in [-0.39, 0.29) is 24.3 Å². The van der Waals surface area contributed by atoms with Gasteiger partial charge >= 0.3 is 6.03 Å². The first-order chi connectivity index (χ1) is 6.49. The molecule has 1 atom stereocenters. The zero-order valence-electron chi connectivity index (χ0n) is 8.61. The number of nitrogens with zero attached hydrogens (tertiary/aromatic N) is 2. The molecular formula is C9H14N2O3. The molecule has 0 N–H and O–H groups in total. The van der Waals surface area contributed by atoms with Gasteiger partial charge in [0.15, 0.2) is 0 Å². The summed E-state index contributed by atoms with van der Waals surface area (Å²) in [7, 11) is 0. The molecule has 1 aliphatic heterocycles. The molecule has 5 heteroatoms. The van der Waals surface area contributed by atoms with Crippen LogP contribution in [0.3, 0.4) is 0 Å². The van der Waals surface area contributed by atoms with Crippen molar-refractivity contribution < 1.29 is 14.4 Å². The van der Waals surface area contributed by atoms with Crippen LogP contribution >= 0.6 is 0 Å². The molecule has 0 saturated carbocycles. The molecule has 5 nitrogen and oxygen atoms in total. The quantitative estimate of drug-likeness (QED) is 0.611. The van der Waals surface area contributed by atoms with Gasteiger partial charge in [-0.25, -0.2) is 4.79 Å². The van der Waals surface area contributed by atoms with E-state index in [0.717, 1.165) is 4.90 Å². The lowest BCUT2D eigenvalue weighted by Gasteiger charge is -2.16. The van der Waals surface area contributed by atoms with Crippen LogP contribution in [-0.4, -0.2) is 46.7 Å². The topological polar surface area (TPSA) is 57.7 Å². The number of urea groups is 1. The number of ketones is 1. The fourth-order valence-electron chi connectivity index (χ4n) is 1.51. The van der Waals surface area contributed by atoms with Gasteiger partial charge in [0.1, 0.15) is 11.8 Å². The Hall–Kier alpha value is -1.39. The summed E-state index contributed by atoms with van der Waals surface area (Å²) in [4.78, 5) is 36.4. The zero-order chi connectivity index (χ0) is 10.9. The van der Waals surface area contributed by atoms with Crippen molar-refractivity contribution in [3.63, 3.8) is 0 Å². The molecule has 1 heterocycles. The molecule has 1 unspecified atom stereocenters. The highest BCUT2D eigenvalue weighted by atomic mass is 16.2. The Morgan fingerprint density at radius 3 is 2.36 bits per heavy atom. The highest BCUT2D eigenvalue weighted by Crippen LogP contribution is 2.16. The van der Waals surface area contributed by atoms with E-state index >= 15 is 0 Å². The summed E-state index contributed by atoms with van der Waals surface area (Å²) in [6.07, 6.45) is 0. The molecule has 78 valence electrons. The molecular weight excluding hydrogens is 184 g/mol. The Bertz CT molecular complexity index is 288. The SMILES string of the molecule is CCN1C(=O)C(C)N(CC(C)=O)C1=O. The third-order valence-corrected chi connectivity index (χ3v) is 2.28. The molecule has 0 spiro atoms. The molecule has 0 aliphatic carbocycles. The minimum atomic E-state index is -0.508. The monoisotopic (exact) mass is 198 g/mol. The van der Waals surface area contributed by atoms with Crippen molar-refractivity contribution in [3.8, 4) is 0 Å². The Kier molecular flexibility index (Phi) is 2.88. The normalized spacial score (nSPS) is 22.1. The van der Waals surface area contributed by atoms with Crippen LogP contribution in [0, 0.1) is 0 Å². The summed E-state index contributed by atoms with van der Waals surface area (Å²) in [6, 6.07) is -0.869. The first-order valence-electron chi connectivity index (χ1n) is 4.60. The summed E-state index contributed by atoms with van der Waals surface area (Å²) in [6.45, 7) is 5.15. The number of hydrogen-bond acceptors (Lipinski definition) is 3. The fourth-order valence-corrected chi connectivity index (χ4v) is 1.51. The van der Waals surface area contributed by atoms with E-state index in [9.17, 15) is 14.4 Å². The largest absolute Gasteiger partial charge is 0.327 e. The van der Waals surface area contributed by atoms with Crippen LogP contribution in [0.1, 0.15) is 20.8 Å². The van der Waals surface area contributed by atoms with Gasteiger partial charge in [-0.05, 0) is 20.8 Å². The van der Waals surface area contributed by atoms with Crippen molar-refractivity contribution in [2.24, 2.45) is 0 Å². The second-order valence-corrected chi connectivity index (χ2v) is 3.37. The van der Waals surface area contributed by atoms with E-state index in [1.54, 1.807) is 13.8 Å². The number of likely N-dealkylation sites (N-methyl/N-ethyl adjacent to an activating group) is 1. The second kappa shape index (κ2) is 3.77. The molecule has 0 aromatic carbocycles. The first-order valence-corrected chi connectivity index (χ1v) is 4.60. The van der Waals surface area contributed by atoms with Crippen LogP contribution in [0.4, 0.5) is 4.79 Å². The molecule has 14 heavy (non-hydrogen) atoms. The van der Waals surface area contributed by atoms with Crippen molar-refractivity contribution in [2.45, 2.75) is 26.8 Å². The summed E-state index contributed by atoms with van der Waals surface area (Å²) >= 11 is 0. The zero-order valence-corrected chi connectivity index (χ0v) is 8.61. The summed E-state index contributed by atoms with van der Waals surface area (Å²) in [5, 5.41) is 0. The van der Waals surface area contributed by atoms with E-state index in [1.165, 1.54) is 11.8 Å². The van der Waals surface area contributed by atoms with Crippen LogP contribution in [0.2, 0.25) is 0 Å². The van der Waals surface area contributed by atoms with Crippen LogP contribution in [0.25, 0.3) is 0 Å². The minimum Gasteiger partial charge on any atom is -0.305 e. The van der Waals surface area contributed by atoms with Crippen molar-refractivity contribution in [1.82, 2.24) is 9.80 Å². The van der Waals surface area contributed by atoms with Gasteiger partial charge in [0, 0.05) is 6.54 Å². The number of hydrogen-bond donors (Lipinski definition) is 0. The lowest BCUT2D eigenvalue weighted by molar-refractivity contribution is -0.127. The Balaban J connectivity index is 2.83. The van der Waals surface area contributed by atoms with Crippen LogP contribution < -0.4 is 0 Å². The maximum Gasteiger partial charge on any atom is 0.327 e. The van der Waals surface area contributed by atoms with Crippen LogP contribution in [0.5, 0.6) is 0 Å². The van der Waals surface area contributed by atoms with E-state index < -0.39 is 6.04 Å². The average Bonchev–Trinajstić information content (AvgIpc) is 2.30. The van der Waals surface area contributed by atoms with Gasteiger partial charge < -0.3 is 4.90 Å². The summed E-state index contributed by atoms with van der Waals surface area (Å²) < 4.78 is 0. The molecule has 1 rings (SSSR count). The molecule has 0 bridgehead atoms. The molecule has 0 aromatic rings. The number of rotatable bonds is 3. The van der Waals surface area contributed by atoms with Gasteiger partial charge in [-0.15, -0.1) is 0 Å². The fraction of sp³-hybridized carbons (Fsp3) is 0.667. The van der Waals surface area contributed by atoms with Gasteiger partial charge in [-0.3, -0.25) is 14.5 Å². The molecule has 1 aliphatic rings. The molecule has 3 amide bonds. The lowest BCUT2D eigenvalue weighted by Crippen LogP contribution is -2.37.